The standard InChI is InChI=1S/C19H39N3O3.HI/c1-4-20-19(21-12-8-14-24-16-15-23-3)22-13-11-18(25-5-2)17-9-6-7-10-17;/h17-18H,4-16H2,1-3H3,(H2,20,21,22);1H. The maximum atomic E-state index is 5.99. The summed E-state index contributed by atoms with van der Waals surface area (Å²) in [4.78, 5) is 4.61. The fraction of sp³-hybridized carbons (Fsp3) is 0.947. The highest BCUT2D eigenvalue weighted by Gasteiger charge is 2.24. The molecule has 1 rings (SSSR count). The van der Waals surface area contributed by atoms with Crippen molar-refractivity contribution >= 4 is 29.9 Å². The van der Waals surface area contributed by atoms with Gasteiger partial charge in [0.15, 0.2) is 5.96 Å². The molecule has 0 amide bonds. The molecular formula is C19H40IN3O3. The van der Waals surface area contributed by atoms with Gasteiger partial charge in [-0.1, -0.05) is 12.8 Å². The monoisotopic (exact) mass is 485 g/mol. The summed E-state index contributed by atoms with van der Waals surface area (Å²) in [5.41, 5.74) is 0. The molecule has 0 radical (unpaired) electrons. The van der Waals surface area contributed by atoms with Crippen molar-refractivity contribution in [1.82, 2.24) is 10.6 Å². The fourth-order valence-corrected chi connectivity index (χ4v) is 3.27. The normalized spacial score (nSPS) is 16.3. The molecule has 1 saturated carbocycles. The topological polar surface area (TPSA) is 64.1 Å². The number of hydrogen-bond acceptors (Lipinski definition) is 4. The highest BCUT2D eigenvalue weighted by atomic mass is 127. The number of aliphatic imine (C=N–C) groups is 1. The van der Waals surface area contributed by atoms with Gasteiger partial charge in [-0.05, 0) is 45.4 Å². The number of nitrogens with one attached hydrogen (secondary N) is 2. The van der Waals surface area contributed by atoms with Crippen LogP contribution < -0.4 is 10.6 Å². The van der Waals surface area contributed by atoms with Gasteiger partial charge < -0.3 is 24.8 Å². The Balaban J connectivity index is 0.00000625. The second-order valence-corrected chi connectivity index (χ2v) is 6.47. The SMILES string of the molecule is CCNC(=NCCCOCCOC)NCCC(OCC)C1CCCC1.I. The van der Waals surface area contributed by atoms with Gasteiger partial charge in [-0.3, -0.25) is 4.99 Å². The number of halogens is 1. The van der Waals surface area contributed by atoms with Gasteiger partial charge in [0, 0.05) is 40.0 Å². The number of guanidine groups is 1. The van der Waals surface area contributed by atoms with E-state index >= 15 is 0 Å². The van der Waals surface area contributed by atoms with Crippen molar-refractivity contribution in [3.8, 4) is 0 Å². The average molecular weight is 485 g/mol. The van der Waals surface area contributed by atoms with Crippen LogP contribution in [0.1, 0.15) is 52.4 Å². The summed E-state index contributed by atoms with van der Waals surface area (Å²) in [5, 5.41) is 6.75. The lowest BCUT2D eigenvalue weighted by Gasteiger charge is -2.24. The Kier molecular flexibility index (Phi) is 18.2. The third-order valence-electron chi connectivity index (χ3n) is 4.52. The van der Waals surface area contributed by atoms with E-state index in [4.69, 9.17) is 14.2 Å². The molecule has 1 aliphatic carbocycles. The van der Waals surface area contributed by atoms with Crippen LogP contribution in [0, 0.1) is 5.92 Å². The fourth-order valence-electron chi connectivity index (χ4n) is 3.27. The van der Waals surface area contributed by atoms with E-state index < -0.39 is 0 Å². The Hall–Kier alpha value is -0.120. The minimum Gasteiger partial charge on any atom is -0.382 e. The first-order valence-electron chi connectivity index (χ1n) is 10.0. The van der Waals surface area contributed by atoms with Gasteiger partial charge in [-0.15, -0.1) is 24.0 Å². The molecule has 0 saturated heterocycles. The van der Waals surface area contributed by atoms with Crippen molar-refractivity contribution in [1.29, 1.82) is 0 Å². The highest BCUT2D eigenvalue weighted by Crippen LogP contribution is 2.30. The molecule has 0 aromatic heterocycles. The van der Waals surface area contributed by atoms with Crippen LogP contribution in [0.5, 0.6) is 0 Å². The number of rotatable bonds is 14. The van der Waals surface area contributed by atoms with Gasteiger partial charge >= 0.3 is 0 Å². The van der Waals surface area contributed by atoms with E-state index in [2.05, 4.69) is 29.5 Å². The van der Waals surface area contributed by atoms with E-state index in [-0.39, 0.29) is 24.0 Å². The van der Waals surface area contributed by atoms with Crippen LogP contribution >= 0.6 is 24.0 Å². The quantitative estimate of drug-likeness (QED) is 0.171. The summed E-state index contributed by atoms with van der Waals surface area (Å²) in [7, 11) is 1.69. The second-order valence-electron chi connectivity index (χ2n) is 6.47. The number of methoxy groups -OCH3 is 1. The Morgan fingerprint density at radius 2 is 1.88 bits per heavy atom. The number of nitrogens with zero attached hydrogens (tertiary/aromatic N) is 1. The largest absolute Gasteiger partial charge is 0.382 e. The zero-order chi connectivity index (χ0) is 18.2. The molecule has 2 N–H and O–H groups in total. The van der Waals surface area contributed by atoms with Crippen molar-refractivity contribution < 1.29 is 14.2 Å². The Morgan fingerprint density at radius 1 is 1.12 bits per heavy atom. The van der Waals surface area contributed by atoms with Crippen LogP contribution in [-0.2, 0) is 14.2 Å². The van der Waals surface area contributed by atoms with Gasteiger partial charge in [-0.25, -0.2) is 0 Å². The molecule has 7 heteroatoms. The third-order valence-corrected chi connectivity index (χ3v) is 4.52. The summed E-state index contributed by atoms with van der Waals surface area (Å²) in [6.45, 7) is 9.54. The summed E-state index contributed by atoms with van der Waals surface area (Å²) >= 11 is 0. The van der Waals surface area contributed by atoms with Crippen LogP contribution in [-0.4, -0.2) is 65.2 Å². The van der Waals surface area contributed by atoms with Crippen molar-refractivity contribution in [2.75, 3.05) is 53.2 Å². The molecule has 0 aromatic carbocycles. The van der Waals surface area contributed by atoms with E-state index in [9.17, 15) is 0 Å². The summed E-state index contributed by atoms with van der Waals surface area (Å²) in [5.74, 6) is 1.63. The maximum Gasteiger partial charge on any atom is 0.191 e. The maximum absolute atomic E-state index is 5.99. The minimum atomic E-state index is 0. The van der Waals surface area contributed by atoms with E-state index in [1.807, 2.05) is 0 Å². The molecule has 0 spiro atoms. The Labute approximate surface area is 177 Å². The first kappa shape index (κ1) is 25.9. The van der Waals surface area contributed by atoms with Gasteiger partial charge in [0.2, 0.25) is 0 Å². The van der Waals surface area contributed by atoms with E-state index in [0.29, 0.717) is 19.3 Å². The molecule has 0 aliphatic heterocycles. The van der Waals surface area contributed by atoms with Crippen LogP contribution in [0.2, 0.25) is 0 Å². The molecule has 1 fully saturated rings. The second kappa shape index (κ2) is 18.3. The summed E-state index contributed by atoms with van der Waals surface area (Å²) in [6.07, 6.45) is 7.71. The lowest BCUT2D eigenvalue weighted by molar-refractivity contribution is 0.0169. The Bertz CT molecular complexity index is 340. The molecule has 26 heavy (non-hydrogen) atoms. The molecule has 6 nitrogen and oxygen atoms in total. The van der Waals surface area contributed by atoms with Crippen molar-refractivity contribution in [3.63, 3.8) is 0 Å². The first-order valence-corrected chi connectivity index (χ1v) is 10.0. The summed E-state index contributed by atoms with van der Waals surface area (Å²) in [6, 6.07) is 0. The van der Waals surface area contributed by atoms with Gasteiger partial charge in [0.25, 0.3) is 0 Å². The first-order chi connectivity index (χ1) is 12.3. The average Bonchev–Trinajstić information content (AvgIpc) is 3.14. The van der Waals surface area contributed by atoms with Crippen molar-refractivity contribution in [3.05, 3.63) is 0 Å². The molecular weight excluding hydrogens is 445 g/mol. The van der Waals surface area contributed by atoms with E-state index in [1.54, 1.807) is 7.11 Å². The Morgan fingerprint density at radius 3 is 2.54 bits per heavy atom. The van der Waals surface area contributed by atoms with E-state index in [0.717, 1.165) is 57.6 Å². The third kappa shape index (κ3) is 12.3. The molecule has 0 heterocycles. The lowest BCUT2D eigenvalue weighted by Crippen LogP contribution is -2.39. The van der Waals surface area contributed by atoms with Gasteiger partial charge in [0.1, 0.15) is 0 Å². The molecule has 0 aromatic rings. The zero-order valence-corrected chi connectivity index (χ0v) is 19.3. The number of hydrogen-bond donors (Lipinski definition) is 2. The van der Waals surface area contributed by atoms with Crippen LogP contribution in [0.3, 0.4) is 0 Å². The number of ether oxygens (including phenoxy) is 3. The van der Waals surface area contributed by atoms with Gasteiger partial charge in [0.05, 0.1) is 19.3 Å². The molecule has 156 valence electrons. The highest BCUT2D eigenvalue weighted by molar-refractivity contribution is 14.0. The minimum absolute atomic E-state index is 0. The predicted molar refractivity (Wildman–Crippen MR) is 119 cm³/mol. The van der Waals surface area contributed by atoms with Gasteiger partial charge in [-0.2, -0.15) is 0 Å². The summed E-state index contributed by atoms with van der Waals surface area (Å²) < 4.78 is 16.4. The van der Waals surface area contributed by atoms with E-state index in [1.165, 1.54) is 25.7 Å². The van der Waals surface area contributed by atoms with Crippen molar-refractivity contribution in [2.45, 2.75) is 58.5 Å². The van der Waals surface area contributed by atoms with Crippen LogP contribution in [0.15, 0.2) is 4.99 Å². The van der Waals surface area contributed by atoms with Crippen LogP contribution in [0.4, 0.5) is 0 Å². The molecule has 0 bridgehead atoms. The zero-order valence-electron chi connectivity index (χ0n) is 16.9. The molecule has 1 atom stereocenters. The smallest absolute Gasteiger partial charge is 0.191 e. The molecule has 1 unspecified atom stereocenters. The van der Waals surface area contributed by atoms with Crippen LogP contribution in [0.25, 0.3) is 0 Å². The molecule has 1 aliphatic rings. The predicted octanol–water partition coefficient (Wildman–Crippen LogP) is 3.20. The lowest BCUT2D eigenvalue weighted by atomic mass is 9.98. The van der Waals surface area contributed by atoms with Crippen molar-refractivity contribution in [2.24, 2.45) is 10.9 Å².